The van der Waals surface area contributed by atoms with Gasteiger partial charge in [0, 0.05) is 30.0 Å². The Morgan fingerprint density at radius 2 is 1.67 bits per heavy atom. The summed E-state index contributed by atoms with van der Waals surface area (Å²) in [6, 6.07) is 26.7. The topological polar surface area (TPSA) is 34.5 Å². The maximum Gasteiger partial charge on any atom is 0.255 e. The number of piperidine rings is 1. The third-order valence-electron chi connectivity index (χ3n) is 7.20. The first-order valence-corrected chi connectivity index (χ1v) is 12.5. The predicted octanol–water partition coefficient (Wildman–Crippen LogP) is 6.70. The lowest BCUT2D eigenvalue weighted by atomic mass is 9.90. The van der Waals surface area contributed by atoms with Crippen LogP contribution >= 0.6 is 0 Å². The molecule has 0 unspecified atom stereocenters. The number of aromatic nitrogens is 1. The molecule has 1 aromatic heterocycles. The van der Waals surface area contributed by atoms with Gasteiger partial charge < -0.3 is 14.2 Å². The lowest BCUT2D eigenvalue weighted by Crippen LogP contribution is -2.39. The highest BCUT2D eigenvalue weighted by Crippen LogP contribution is 2.33. The van der Waals surface area contributed by atoms with E-state index in [1.807, 2.05) is 52.8 Å². The van der Waals surface area contributed by atoms with E-state index in [4.69, 9.17) is 4.74 Å². The molecule has 0 spiro atoms. The van der Waals surface area contributed by atoms with Crippen LogP contribution in [0.25, 0.3) is 16.9 Å². The molecule has 4 aromatic rings. The molecule has 5 rings (SSSR count). The lowest BCUT2D eigenvalue weighted by molar-refractivity contribution is 0.0690. The fraction of sp³-hybridized carbons (Fsp3) is 0.258. The molecule has 2 heterocycles. The molecule has 1 fully saturated rings. The van der Waals surface area contributed by atoms with Crippen LogP contribution < -0.4 is 4.74 Å². The number of amides is 1. The van der Waals surface area contributed by atoms with Crippen molar-refractivity contribution in [3.05, 3.63) is 108 Å². The highest BCUT2D eigenvalue weighted by atomic mass is 19.1. The van der Waals surface area contributed by atoms with Gasteiger partial charge in [0.1, 0.15) is 11.6 Å². The fourth-order valence-electron chi connectivity index (χ4n) is 5.20. The molecular formula is C31H31FN2O2. The number of halogens is 1. The molecular weight excluding hydrogens is 451 g/mol. The molecule has 0 radical (unpaired) electrons. The summed E-state index contributed by atoms with van der Waals surface area (Å²) in [7, 11) is 1.64. The van der Waals surface area contributed by atoms with Gasteiger partial charge in [-0.25, -0.2) is 4.39 Å². The SMILES string of the molecule is COc1cccc(-c2cc(C(=O)N3CCC(Cc4ccccc4)CC3)c(C)n2-c2ccc(F)cc2)c1. The maximum absolute atomic E-state index is 13.7. The quantitative estimate of drug-likeness (QED) is 0.307. The van der Waals surface area contributed by atoms with Gasteiger partial charge in [-0.2, -0.15) is 0 Å². The minimum Gasteiger partial charge on any atom is -0.497 e. The molecule has 5 heteroatoms. The predicted molar refractivity (Wildman–Crippen MR) is 141 cm³/mol. The second-order valence-corrected chi connectivity index (χ2v) is 9.50. The second kappa shape index (κ2) is 10.4. The summed E-state index contributed by atoms with van der Waals surface area (Å²) in [5.74, 6) is 1.09. The lowest BCUT2D eigenvalue weighted by Gasteiger charge is -2.32. The molecule has 0 saturated carbocycles. The van der Waals surface area contributed by atoms with E-state index in [1.165, 1.54) is 17.7 Å². The Hall–Kier alpha value is -3.86. The van der Waals surface area contributed by atoms with Crippen LogP contribution in [0.5, 0.6) is 5.75 Å². The van der Waals surface area contributed by atoms with Gasteiger partial charge in [0.05, 0.1) is 18.4 Å². The summed E-state index contributed by atoms with van der Waals surface area (Å²) in [5.41, 5.74) is 5.50. The zero-order valence-corrected chi connectivity index (χ0v) is 20.8. The third kappa shape index (κ3) is 4.92. The monoisotopic (exact) mass is 482 g/mol. The number of carbonyl (C=O) groups excluding carboxylic acids is 1. The second-order valence-electron chi connectivity index (χ2n) is 9.50. The van der Waals surface area contributed by atoms with Crippen molar-refractivity contribution in [1.82, 2.24) is 9.47 Å². The number of likely N-dealkylation sites (tertiary alicyclic amines) is 1. The molecule has 0 atom stereocenters. The molecule has 0 aliphatic carbocycles. The number of hydrogen-bond donors (Lipinski definition) is 0. The zero-order valence-electron chi connectivity index (χ0n) is 20.8. The summed E-state index contributed by atoms with van der Waals surface area (Å²) >= 11 is 0. The van der Waals surface area contributed by atoms with E-state index in [0.717, 1.165) is 60.7 Å². The van der Waals surface area contributed by atoms with Crippen LogP contribution in [0, 0.1) is 18.7 Å². The Labute approximate surface area is 212 Å². The number of carbonyl (C=O) groups is 1. The van der Waals surface area contributed by atoms with Crippen molar-refractivity contribution in [2.24, 2.45) is 5.92 Å². The van der Waals surface area contributed by atoms with E-state index < -0.39 is 0 Å². The maximum atomic E-state index is 13.7. The number of hydrogen-bond acceptors (Lipinski definition) is 2. The van der Waals surface area contributed by atoms with Gasteiger partial charge in [-0.05, 0) is 80.1 Å². The first-order valence-electron chi connectivity index (χ1n) is 12.5. The Balaban J connectivity index is 1.43. The van der Waals surface area contributed by atoms with Gasteiger partial charge in [-0.1, -0.05) is 42.5 Å². The first kappa shape index (κ1) is 23.9. The zero-order chi connectivity index (χ0) is 25.1. The Morgan fingerprint density at radius 3 is 2.36 bits per heavy atom. The van der Waals surface area contributed by atoms with Crippen LogP contribution in [-0.4, -0.2) is 35.6 Å². The van der Waals surface area contributed by atoms with Gasteiger partial charge in [-0.3, -0.25) is 4.79 Å². The number of nitrogens with zero attached hydrogens (tertiary/aromatic N) is 2. The van der Waals surface area contributed by atoms with Crippen molar-refractivity contribution < 1.29 is 13.9 Å². The first-order chi connectivity index (χ1) is 17.5. The van der Waals surface area contributed by atoms with Gasteiger partial charge in [0.15, 0.2) is 0 Å². The largest absolute Gasteiger partial charge is 0.497 e. The molecule has 3 aromatic carbocycles. The molecule has 1 amide bonds. The summed E-state index contributed by atoms with van der Waals surface area (Å²) in [4.78, 5) is 15.7. The van der Waals surface area contributed by atoms with Gasteiger partial charge in [0.25, 0.3) is 5.91 Å². The summed E-state index contributed by atoms with van der Waals surface area (Å²) in [6.45, 7) is 3.47. The smallest absolute Gasteiger partial charge is 0.255 e. The third-order valence-corrected chi connectivity index (χ3v) is 7.20. The molecule has 0 N–H and O–H groups in total. The normalized spacial score (nSPS) is 14.1. The molecule has 36 heavy (non-hydrogen) atoms. The van der Waals surface area contributed by atoms with Crippen molar-refractivity contribution in [2.45, 2.75) is 26.2 Å². The summed E-state index contributed by atoms with van der Waals surface area (Å²) < 4.78 is 21.2. The van der Waals surface area contributed by atoms with Gasteiger partial charge in [-0.15, -0.1) is 0 Å². The number of methoxy groups -OCH3 is 1. The van der Waals surface area contributed by atoms with Crippen molar-refractivity contribution >= 4 is 5.91 Å². The highest BCUT2D eigenvalue weighted by Gasteiger charge is 2.27. The van der Waals surface area contributed by atoms with Crippen molar-refractivity contribution in [1.29, 1.82) is 0 Å². The molecule has 1 aliphatic heterocycles. The average molecular weight is 483 g/mol. The average Bonchev–Trinajstić information content (AvgIpc) is 3.26. The Bertz CT molecular complexity index is 1340. The summed E-state index contributed by atoms with van der Waals surface area (Å²) in [6.07, 6.45) is 3.06. The molecule has 184 valence electrons. The Morgan fingerprint density at radius 1 is 0.944 bits per heavy atom. The van der Waals surface area contributed by atoms with E-state index in [2.05, 4.69) is 24.3 Å². The van der Waals surface area contributed by atoms with Crippen molar-refractivity contribution in [3.8, 4) is 22.7 Å². The minimum absolute atomic E-state index is 0.0515. The van der Waals surface area contributed by atoms with Crippen LogP contribution in [-0.2, 0) is 6.42 Å². The standard InChI is InChI=1S/C31H31FN2O2/c1-22-29(31(35)33-17-15-24(16-18-33)19-23-7-4-3-5-8-23)21-30(25-9-6-10-28(20-25)36-2)34(22)27-13-11-26(32)12-14-27/h3-14,20-21,24H,15-19H2,1-2H3. The van der Waals surface area contributed by atoms with Crippen molar-refractivity contribution in [3.63, 3.8) is 0 Å². The Kier molecular flexibility index (Phi) is 6.90. The highest BCUT2D eigenvalue weighted by molar-refractivity contribution is 5.97. The van der Waals surface area contributed by atoms with Crippen LogP contribution in [0.15, 0.2) is 84.9 Å². The van der Waals surface area contributed by atoms with Crippen LogP contribution in [0.4, 0.5) is 4.39 Å². The molecule has 1 saturated heterocycles. The van der Waals surface area contributed by atoms with E-state index in [1.54, 1.807) is 19.2 Å². The van der Waals surface area contributed by atoms with E-state index in [-0.39, 0.29) is 11.7 Å². The van der Waals surface area contributed by atoms with Crippen LogP contribution in [0.2, 0.25) is 0 Å². The number of ether oxygens (including phenoxy) is 1. The van der Waals surface area contributed by atoms with E-state index >= 15 is 0 Å². The van der Waals surface area contributed by atoms with Gasteiger partial charge >= 0.3 is 0 Å². The molecule has 1 aliphatic rings. The van der Waals surface area contributed by atoms with E-state index in [9.17, 15) is 9.18 Å². The van der Waals surface area contributed by atoms with Crippen molar-refractivity contribution in [2.75, 3.05) is 20.2 Å². The van der Waals surface area contributed by atoms with Crippen LogP contribution in [0.1, 0.15) is 34.5 Å². The minimum atomic E-state index is -0.291. The number of benzene rings is 3. The number of rotatable bonds is 6. The van der Waals surface area contributed by atoms with Crippen LogP contribution in [0.3, 0.4) is 0 Å². The summed E-state index contributed by atoms with van der Waals surface area (Å²) in [5, 5.41) is 0. The molecule has 4 nitrogen and oxygen atoms in total. The fourth-order valence-corrected chi connectivity index (χ4v) is 5.20. The molecule has 0 bridgehead atoms. The van der Waals surface area contributed by atoms with E-state index in [0.29, 0.717) is 11.5 Å². The van der Waals surface area contributed by atoms with Gasteiger partial charge in [0.2, 0.25) is 0 Å².